The highest BCUT2D eigenvalue weighted by Crippen LogP contribution is 2.21. The van der Waals surface area contributed by atoms with Crippen LogP contribution >= 0.6 is 24.0 Å². The molecular weight excluding hydrogens is 395 g/mol. The Hall–Kier alpha value is -1.64. The maximum absolute atomic E-state index is 12.2. The van der Waals surface area contributed by atoms with Crippen molar-refractivity contribution in [1.82, 2.24) is 15.5 Å². The maximum atomic E-state index is 12.2. The largest absolute Gasteiger partial charge is 0.356 e. The number of hydrogen-bond donors (Lipinski definition) is 2. The molecule has 2 rings (SSSR count). The molecule has 0 saturated heterocycles. The van der Waals surface area contributed by atoms with Crippen LogP contribution in [0.3, 0.4) is 0 Å². The molecule has 0 unspecified atom stereocenters. The van der Waals surface area contributed by atoms with Gasteiger partial charge in [0.2, 0.25) is 0 Å². The van der Waals surface area contributed by atoms with E-state index in [0.717, 1.165) is 13.0 Å². The summed E-state index contributed by atoms with van der Waals surface area (Å²) in [5.41, 5.74) is 0.965. The molecule has 0 bridgehead atoms. The van der Waals surface area contributed by atoms with Crippen molar-refractivity contribution >= 4 is 41.8 Å². The van der Waals surface area contributed by atoms with Crippen LogP contribution in [0.4, 0.5) is 0 Å². The van der Waals surface area contributed by atoms with Gasteiger partial charge in [0.05, 0.1) is 11.1 Å². The van der Waals surface area contributed by atoms with Crippen LogP contribution in [0.5, 0.6) is 0 Å². The van der Waals surface area contributed by atoms with Gasteiger partial charge >= 0.3 is 0 Å². The van der Waals surface area contributed by atoms with E-state index >= 15 is 0 Å². The van der Waals surface area contributed by atoms with Gasteiger partial charge in [0.1, 0.15) is 0 Å². The molecule has 0 spiro atoms. The molecule has 1 aliphatic heterocycles. The standard InChI is InChI=1S/C15H20N4O2.HI/c1-3-8-17-15(16-2)18-9-10-19-13(20)11-6-4-5-7-12(11)14(19)21;/h4-7H,3,8-10H2,1-2H3,(H2,16,17,18);1H. The second-order valence-corrected chi connectivity index (χ2v) is 4.73. The van der Waals surface area contributed by atoms with Crippen molar-refractivity contribution < 1.29 is 9.59 Å². The SMILES string of the molecule is CCCNC(=NC)NCCN1C(=O)c2ccccc2C1=O.I. The van der Waals surface area contributed by atoms with Crippen molar-refractivity contribution in [2.45, 2.75) is 13.3 Å². The van der Waals surface area contributed by atoms with Crippen LogP contribution in [0.25, 0.3) is 0 Å². The van der Waals surface area contributed by atoms with E-state index in [1.807, 2.05) is 0 Å². The third-order valence-corrected chi connectivity index (χ3v) is 3.27. The smallest absolute Gasteiger partial charge is 0.261 e. The Kier molecular flexibility index (Phi) is 7.30. The van der Waals surface area contributed by atoms with Gasteiger partial charge in [-0.3, -0.25) is 19.5 Å². The number of amides is 2. The zero-order valence-corrected chi connectivity index (χ0v) is 15.1. The normalized spacial score (nSPS) is 13.7. The van der Waals surface area contributed by atoms with Gasteiger partial charge in [0.25, 0.3) is 11.8 Å². The second-order valence-electron chi connectivity index (χ2n) is 4.73. The Labute approximate surface area is 147 Å². The van der Waals surface area contributed by atoms with Crippen molar-refractivity contribution in [1.29, 1.82) is 0 Å². The molecular formula is C15H21IN4O2. The number of imide groups is 1. The van der Waals surface area contributed by atoms with Crippen molar-refractivity contribution in [2.75, 3.05) is 26.7 Å². The molecule has 1 heterocycles. The fourth-order valence-corrected chi connectivity index (χ4v) is 2.19. The number of benzene rings is 1. The summed E-state index contributed by atoms with van der Waals surface area (Å²) in [4.78, 5) is 29.7. The van der Waals surface area contributed by atoms with E-state index in [1.54, 1.807) is 31.3 Å². The lowest BCUT2D eigenvalue weighted by Gasteiger charge is -2.16. The third-order valence-electron chi connectivity index (χ3n) is 3.27. The molecule has 0 atom stereocenters. The van der Waals surface area contributed by atoms with E-state index in [2.05, 4.69) is 22.5 Å². The van der Waals surface area contributed by atoms with Gasteiger partial charge in [-0.1, -0.05) is 19.1 Å². The number of aliphatic imine (C=N–C) groups is 1. The maximum Gasteiger partial charge on any atom is 0.261 e. The summed E-state index contributed by atoms with van der Waals surface area (Å²) in [6.45, 7) is 3.68. The molecule has 0 aliphatic carbocycles. The number of fused-ring (bicyclic) bond motifs is 1. The quantitative estimate of drug-likeness (QED) is 0.330. The van der Waals surface area contributed by atoms with Crippen LogP contribution in [0, 0.1) is 0 Å². The number of nitrogens with one attached hydrogen (secondary N) is 2. The predicted octanol–water partition coefficient (Wildman–Crippen LogP) is 1.48. The number of rotatable bonds is 5. The van der Waals surface area contributed by atoms with E-state index in [0.29, 0.717) is 30.2 Å². The number of hydrogen-bond acceptors (Lipinski definition) is 3. The highest BCUT2D eigenvalue weighted by molar-refractivity contribution is 14.0. The number of carbonyl (C=O) groups is 2. The Bertz CT molecular complexity index is 539. The Morgan fingerprint density at radius 1 is 1.09 bits per heavy atom. The zero-order chi connectivity index (χ0) is 15.2. The number of nitrogens with zero attached hydrogens (tertiary/aromatic N) is 2. The van der Waals surface area contributed by atoms with Gasteiger partial charge in [-0.2, -0.15) is 0 Å². The molecule has 0 saturated carbocycles. The molecule has 22 heavy (non-hydrogen) atoms. The average Bonchev–Trinajstić information content (AvgIpc) is 2.76. The summed E-state index contributed by atoms with van der Waals surface area (Å²) < 4.78 is 0. The molecule has 2 amide bonds. The Morgan fingerprint density at radius 3 is 2.14 bits per heavy atom. The van der Waals surface area contributed by atoms with Crippen molar-refractivity contribution in [2.24, 2.45) is 4.99 Å². The van der Waals surface area contributed by atoms with Crippen LogP contribution < -0.4 is 10.6 Å². The number of halogens is 1. The third kappa shape index (κ3) is 3.96. The fraction of sp³-hybridized carbons (Fsp3) is 0.400. The average molecular weight is 416 g/mol. The van der Waals surface area contributed by atoms with Gasteiger partial charge < -0.3 is 10.6 Å². The minimum Gasteiger partial charge on any atom is -0.356 e. The van der Waals surface area contributed by atoms with Gasteiger partial charge in [0, 0.05) is 26.7 Å². The molecule has 2 N–H and O–H groups in total. The minimum atomic E-state index is -0.228. The van der Waals surface area contributed by atoms with E-state index in [1.165, 1.54) is 4.90 Å². The summed E-state index contributed by atoms with van der Waals surface area (Å²) >= 11 is 0. The second kappa shape index (κ2) is 8.72. The molecule has 0 fully saturated rings. The highest BCUT2D eigenvalue weighted by atomic mass is 127. The van der Waals surface area contributed by atoms with E-state index in [-0.39, 0.29) is 35.8 Å². The van der Waals surface area contributed by atoms with E-state index < -0.39 is 0 Å². The van der Waals surface area contributed by atoms with Crippen LogP contribution in [-0.4, -0.2) is 49.4 Å². The van der Waals surface area contributed by atoms with Crippen molar-refractivity contribution in [3.63, 3.8) is 0 Å². The summed E-state index contributed by atoms with van der Waals surface area (Å²) in [5.74, 6) is 0.219. The Balaban J connectivity index is 0.00000242. The first kappa shape index (κ1) is 18.4. The van der Waals surface area contributed by atoms with Crippen LogP contribution in [0.2, 0.25) is 0 Å². The topological polar surface area (TPSA) is 73.8 Å². The first-order valence-corrected chi connectivity index (χ1v) is 7.08. The van der Waals surface area contributed by atoms with Crippen LogP contribution in [0.1, 0.15) is 34.1 Å². The van der Waals surface area contributed by atoms with Crippen LogP contribution in [-0.2, 0) is 0 Å². The van der Waals surface area contributed by atoms with E-state index in [9.17, 15) is 9.59 Å². The van der Waals surface area contributed by atoms with Crippen LogP contribution in [0.15, 0.2) is 29.3 Å². The Morgan fingerprint density at radius 2 is 1.64 bits per heavy atom. The summed E-state index contributed by atoms with van der Waals surface area (Å²) in [6, 6.07) is 6.90. The molecule has 7 heteroatoms. The molecule has 120 valence electrons. The lowest BCUT2D eigenvalue weighted by Crippen LogP contribution is -2.43. The molecule has 1 aromatic rings. The monoisotopic (exact) mass is 416 g/mol. The summed E-state index contributed by atoms with van der Waals surface area (Å²) in [6.07, 6.45) is 0.999. The molecule has 0 radical (unpaired) electrons. The van der Waals surface area contributed by atoms with Gasteiger partial charge in [-0.05, 0) is 18.6 Å². The lowest BCUT2D eigenvalue weighted by molar-refractivity contribution is 0.0657. The molecule has 6 nitrogen and oxygen atoms in total. The summed E-state index contributed by atoms with van der Waals surface area (Å²) in [5, 5.41) is 6.23. The number of carbonyl (C=O) groups excluding carboxylic acids is 2. The number of guanidine groups is 1. The van der Waals surface area contributed by atoms with E-state index in [4.69, 9.17) is 0 Å². The van der Waals surface area contributed by atoms with Crippen molar-refractivity contribution in [3.05, 3.63) is 35.4 Å². The highest BCUT2D eigenvalue weighted by Gasteiger charge is 2.34. The summed E-state index contributed by atoms with van der Waals surface area (Å²) in [7, 11) is 1.69. The first-order valence-electron chi connectivity index (χ1n) is 7.08. The van der Waals surface area contributed by atoms with Crippen molar-refractivity contribution in [3.8, 4) is 0 Å². The predicted molar refractivity (Wildman–Crippen MR) is 96.9 cm³/mol. The molecule has 1 aliphatic rings. The lowest BCUT2D eigenvalue weighted by atomic mass is 10.1. The minimum absolute atomic E-state index is 0. The molecule has 0 aromatic heterocycles. The fourth-order valence-electron chi connectivity index (χ4n) is 2.19. The molecule has 1 aromatic carbocycles. The van der Waals surface area contributed by atoms with Gasteiger partial charge in [-0.15, -0.1) is 24.0 Å². The first-order chi connectivity index (χ1) is 10.2. The van der Waals surface area contributed by atoms with Gasteiger partial charge in [0.15, 0.2) is 5.96 Å². The van der Waals surface area contributed by atoms with Gasteiger partial charge in [-0.25, -0.2) is 0 Å². The zero-order valence-electron chi connectivity index (χ0n) is 12.8.